The number of aldehydes is 1. The number of unbranched alkanes of at least 4 members (excludes halogenated alkanes) is 2. The lowest BCUT2D eigenvalue weighted by Gasteiger charge is -2.32. The third-order valence-electron chi connectivity index (χ3n) is 8.03. The van der Waals surface area contributed by atoms with Crippen molar-refractivity contribution in [2.75, 3.05) is 6.67 Å². The topological polar surface area (TPSA) is 134 Å². The fourth-order valence-corrected chi connectivity index (χ4v) is 5.26. The van der Waals surface area contributed by atoms with Crippen LogP contribution in [-0.2, 0) is 25.8 Å². The van der Waals surface area contributed by atoms with Gasteiger partial charge in [-0.05, 0) is 60.2 Å². The summed E-state index contributed by atoms with van der Waals surface area (Å²) >= 11 is 0. The molecule has 0 radical (unpaired) electrons. The maximum atomic E-state index is 13.5. The lowest BCUT2D eigenvalue weighted by Crippen LogP contribution is -2.48. The van der Waals surface area contributed by atoms with Crippen molar-refractivity contribution in [3.05, 3.63) is 95.6 Å². The van der Waals surface area contributed by atoms with Crippen LogP contribution in [-0.4, -0.2) is 54.2 Å². The zero-order chi connectivity index (χ0) is 34.0. The molecule has 3 unspecified atom stereocenters. The van der Waals surface area contributed by atoms with Gasteiger partial charge in [0, 0.05) is 11.1 Å². The van der Waals surface area contributed by atoms with Gasteiger partial charge in [-0.25, -0.2) is 5.06 Å². The SMILES string of the molecule is CCCCCC(C(=O)NCNC(=O)c1cccc(-c2ccc(C(=O)NC(C=O)CC)cc2)c1)C(CC)N(C=O)OCc1ccccc1. The third kappa shape index (κ3) is 11.2. The molecule has 250 valence electrons. The van der Waals surface area contributed by atoms with Crippen molar-refractivity contribution in [2.24, 2.45) is 5.92 Å². The van der Waals surface area contributed by atoms with Crippen LogP contribution in [0.3, 0.4) is 0 Å². The first-order valence-electron chi connectivity index (χ1n) is 16.3. The van der Waals surface area contributed by atoms with Gasteiger partial charge in [-0.1, -0.05) is 94.6 Å². The minimum atomic E-state index is -0.535. The van der Waals surface area contributed by atoms with E-state index in [4.69, 9.17) is 4.84 Å². The lowest BCUT2D eigenvalue weighted by molar-refractivity contribution is -0.200. The van der Waals surface area contributed by atoms with Crippen LogP contribution in [0.1, 0.15) is 85.6 Å². The maximum absolute atomic E-state index is 13.5. The van der Waals surface area contributed by atoms with Gasteiger partial charge in [-0.2, -0.15) is 0 Å². The molecule has 0 aliphatic heterocycles. The van der Waals surface area contributed by atoms with Gasteiger partial charge in [-0.3, -0.25) is 24.0 Å². The Bertz CT molecular complexity index is 1450. The molecule has 0 aromatic heterocycles. The van der Waals surface area contributed by atoms with E-state index < -0.39 is 18.0 Å². The maximum Gasteiger partial charge on any atom is 0.252 e. The summed E-state index contributed by atoms with van der Waals surface area (Å²) in [6, 6.07) is 22.4. The summed E-state index contributed by atoms with van der Waals surface area (Å²) in [4.78, 5) is 67.9. The molecule has 0 aliphatic carbocycles. The number of carbonyl (C=O) groups excluding carboxylic acids is 5. The molecule has 3 rings (SSSR count). The molecule has 0 spiro atoms. The first-order valence-corrected chi connectivity index (χ1v) is 16.3. The highest BCUT2D eigenvalue weighted by molar-refractivity contribution is 5.97. The number of hydroxylamine groups is 2. The van der Waals surface area contributed by atoms with E-state index in [1.165, 1.54) is 5.06 Å². The predicted molar refractivity (Wildman–Crippen MR) is 181 cm³/mol. The van der Waals surface area contributed by atoms with Gasteiger partial charge in [0.1, 0.15) is 12.9 Å². The van der Waals surface area contributed by atoms with Crippen LogP contribution in [0.25, 0.3) is 11.1 Å². The summed E-state index contributed by atoms with van der Waals surface area (Å²) in [5.74, 6) is -1.48. The Morgan fingerprint density at radius 2 is 1.53 bits per heavy atom. The van der Waals surface area contributed by atoms with Crippen molar-refractivity contribution in [1.82, 2.24) is 21.0 Å². The van der Waals surface area contributed by atoms with Crippen molar-refractivity contribution in [1.29, 1.82) is 0 Å². The first kappa shape index (κ1) is 36.6. The highest BCUT2D eigenvalue weighted by Crippen LogP contribution is 2.23. The summed E-state index contributed by atoms with van der Waals surface area (Å²) in [5.41, 5.74) is 3.33. The second-order valence-corrected chi connectivity index (χ2v) is 11.3. The molecule has 0 saturated carbocycles. The van der Waals surface area contributed by atoms with Crippen LogP contribution in [0.15, 0.2) is 78.9 Å². The molecule has 0 heterocycles. The smallest absolute Gasteiger partial charge is 0.252 e. The van der Waals surface area contributed by atoms with Crippen LogP contribution >= 0.6 is 0 Å². The monoisotopic (exact) mass is 642 g/mol. The summed E-state index contributed by atoms with van der Waals surface area (Å²) in [6.45, 7) is 5.94. The Hall–Kier alpha value is -4.83. The molecule has 3 atom stereocenters. The number of hydrogen-bond donors (Lipinski definition) is 3. The molecular formula is C37H46N4O6. The highest BCUT2D eigenvalue weighted by Gasteiger charge is 2.32. The van der Waals surface area contributed by atoms with Crippen molar-refractivity contribution in [3.8, 4) is 11.1 Å². The van der Waals surface area contributed by atoms with Crippen LogP contribution in [0.2, 0.25) is 0 Å². The summed E-state index contributed by atoms with van der Waals surface area (Å²) < 4.78 is 0. The first-order chi connectivity index (χ1) is 22.8. The molecule has 0 saturated heterocycles. The normalized spacial score (nSPS) is 12.7. The van der Waals surface area contributed by atoms with E-state index in [-0.39, 0.29) is 31.0 Å². The van der Waals surface area contributed by atoms with Crippen LogP contribution in [0, 0.1) is 5.92 Å². The minimum absolute atomic E-state index is 0.0854. The zero-order valence-electron chi connectivity index (χ0n) is 27.4. The summed E-state index contributed by atoms with van der Waals surface area (Å²) in [5, 5.41) is 9.53. The molecule has 3 aromatic carbocycles. The van der Waals surface area contributed by atoms with Gasteiger partial charge in [0.2, 0.25) is 12.3 Å². The Balaban J connectivity index is 1.62. The van der Waals surface area contributed by atoms with E-state index in [2.05, 4.69) is 22.9 Å². The molecule has 3 N–H and O–H groups in total. The van der Waals surface area contributed by atoms with E-state index in [1.54, 1.807) is 42.5 Å². The Kier molecular flexibility index (Phi) is 15.3. The van der Waals surface area contributed by atoms with E-state index in [0.29, 0.717) is 43.1 Å². The van der Waals surface area contributed by atoms with Crippen molar-refractivity contribution >= 4 is 30.4 Å². The lowest BCUT2D eigenvalue weighted by atomic mass is 9.90. The van der Waals surface area contributed by atoms with E-state index in [1.807, 2.05) is 50.2 Å². The average Bonchev–Trinajstić information content (AvgIpc) is 3.11. The van der Waals surface area contributed by atoms with Crippen LogP contribution in [0.5, 0.6) is 0 Å². The van der Waals surface area contributed by atoms with Crippen molar-refractivity contribution in [3.63, 3.8) is 0 Å². The van der Waals surface area contributed by atoms with Crippen molar-refractivity contribution in [2.45, 2.75) is 78.0 Å². The molecule has 0 fully saturated rings. The molecule has 47 heavy (non-hydrogen) atoms. The van der Waals surface area contributed by atoms with Gasteiger partial charge < -0.3 is 20.7 Å². The number of rotatable bonds is 20. The quantitative estimate of drug-likeness (QED) is 0.0652. The number of nitrogens with zero attached hydrogens (tertiary/aromatic N) is 1. The van der Waals surface area contributed by atoms with E-state index in [0.717, 1.165) is 36.0 Å². The second-order valence-electron chi connectivity index (χ2n) is 11.3. The largest absolute Gasteiger partial charge is 0.343 e. The Morgan fingerprint density at radius 3 is 2.17 bits per heavy atom. The Morgan fingerprint density at radius 1 is 0.787 bits per heavy atom. The fourth-order valence-electron chi connectivity index (χ4n) is 5.26. The highest BCUT2D eigenvalue weighted by atomic mass is 16.7. The van der Waals surface area contributed by atoms with Gasteiger partial charge in [0.15, 0.2) is 0 Å². The summed E-state index contributed by atoms with van der Waals surface area (Å²) in [6.07, 6.45) is 5.70. The van der Waals surface area contributed by atoms with Crippen molar-refractivity contribution < 1.29 is 28.8 Å². The molecule has 0 bridgehead atoms. The van der Waals surface area contributed by atoms with Crippen LogP contribution < -0.4 is 16.0 Å². The van der Waals surface area contributed by atoms with Gasteiger partial charge in [0.05, 0.1) is 24.7 Å². The second kappa shape index (κ2) is 19.6. The van der Waals surface area contributed by atoms with Gasteiger partial charge in [-0.15, -0.1) is 0 Å². The molecule has 10 heteroatoms. The molecule has 10 nitrogen and oxygen atoms in total. The molecule has 0 aliphatic rings. The van der Waals surface area contributed by atoms with Crippen LogP contribution in [0.4, 0.5) is 0 Å². The summed E-state index contributed by atoms with van der Waals surface area (Å²) in [7, 11) is 0. The standard InChI is InChI=1S/C37H46N4O6/c1-4-7-9-17-33(34(6-3)41(26-43)47-24-27-13-10-8-11-14-27)37(46)39-25-38-35(44)31-16-12-15-30(22-31)28-18-20-29(21-19-28)36(45)40-32(5-2)23-42/h8,10-16,18-23,26,32-34H,4-7,9,17,24-25H2,1-3H3,(H,38,44)(H,39,46)(H,40,45). The predicted octanol–water partition coefficient (Wildman–Crippen LogP) is 5.43. The fraction of sp³-hybridized carbons (Fsp3) is 0.378. The van der Waals surface area contributed by atoms with E-state index >= 15 is 0 Å². The van der Waals surface area contributed by atoms with Gasteiger partial charge in [0.25, 0.3) is 11.8 Å². The van der Waals surface area contributed by atoms with E-state index in [9.17, 15) is 24.0 Å². The number of benzene rings is 3. The number of hydrogen-bond acceptors (Lipinski definition) is 6. The van der Waals surface area contributed by atoms with Gasteiger partial charge >= 0.3 is 0 Å². The molecule has 4 amide bonds. The number of nitrogens with one attached hydrogen (secondary N) is 3. The Labute approximate surface area is 277 Å². The number of carbonyl (C=O) groups is 5. The third-order valence-corrected chi connectivity index (χ3v) is 8.03. The zero-order valence-corrected chi connectivity index (χ0v) is 27.4. The number of amides is 4. The minimum Gasteiger partial charge on any atom is -0.343 e. The molecular weight excluding hydrogens is 596 g/mol. The average molecular weight is 643 g/mol. The molecule has 3 aromatic rings.